The summed E-state index contributed by atoms with van der Waals surface area (Å²) in [5.74, 6) is -0.520. The van der Waals surface area contributed by atoms with Gasteiger partial charge in [0.15, 0.2) is 0 Å². The molecule has 3 atom stereocenters. The molecule has 33 heavy (non-hydrogen) atoms. The van der Waals surface area contributed by atoms with Crippen molar-refractivity contribution < 1.29 is 19.1 Å². The SMILES string of the molecule is CC(NC(=O)[C@H]1C[C@@H](c2ccccc2)CCN1)C(=O)NCc1ccc(C(=N)OC(N)=O)cc1. The molecule has 0 radical (unpaired) electrons. The second-order valence-corrected chi connectivity index (χ2v) is 8.03. The zero-order chi connectivity index (χ0) is 23.8. The third-order valence-corrected chi connectivity index (χ3v) is 5.63. The molecule has 0 aromatic heterocycles. The molecule has 3 amide bonds. The van der Waals surface area contributed by atoms with Crippen LogP contribution in [-0.2, 0) is 20.9 Å². The van der Waals surface area contributed by atoms with Gasteiger partial charge in [-0.25, -0.2) is 4.79 Å². The summed E-state index contributed by atoms with van der Waals surface area (Å²) >= 11 is 0. The number of nitrogens with one attached hydrogen (secondary N) is 4. The number of ether oxygens (including phenoxy) is 1. The maximum Gasteiger partial charge on any atom is 0.411 e. The topological polar surface area (TPSA) is 146 Å². The van der Waals surface area contributed by atoms with Gasteiger partial charge in [-0.2, -0.15) is 0 Å². The first-order chi connectivity index (χ1) is 15.8. The Morgan fingerprint density at radius 3 is 2.52 bits per heavy atom. The Morgan fingerprint density at radius 2 is 1.85 bits per heavy atom. The van der Waals surface area contributed by atoms with E-state index in [1.54, 1.807) is 31.2 Å². The Labute approximate surface area is 192 Å². The van der Waals surface area contributed by atoms with Gasteiger partial charge in [-0.15, -0.1) is 0 Å². The minimum atomic E-state index is -1.05. The predicted octanol–water partition coefficient (Wildman–Crippen LogP) is 1.76. The smallest absolute Gasteiger partial charge is 0.391 e. The van der Waals surface area contributed by atoms with Crippen LogP contribution in [0.25, 0.3) is 0 Å². The van der Waals surface area contributed by atoms with Crippen LogP contribution < -0.4 is 21.7 Å². The molecule has 2 aromatic rings. The van der Waals surface area contributed by atoms with Crippen molar-refractivity contribution in [2.45, 2.75) is 44.3 Å². The van der Waals surface area contributed by atoms with Crippen molar-refractivity contribution in [3.63, 3.8) is 0 Å². The van der Waals surface area contributed by atoms with Gasteiger partial charge in [0.25, 0.3) is 0 Å². The van der Waals surface area contributed by atoms with Gasteiger partial charge in [0.1, 0.15) is 6.04 Å². The van der Waals surface area contributed by atoms with E-state index < -0.39 is 12.1 Å². The largest absolute Gasteiger partial charge is 0.411 e. The summed E-state index contributed by atoms with van der Waals surface area (Å²) < 4.78 is 4.53. The van der Waals surface area contributed by atoms with Crippen molar-refractivity contribution in [2.24, 2.45) is 5.73 Å². The molecule has 6 N–H and O–H groups in total. The van der Waals surface area contributed by atoms with Crippen LogP contribution in [0.3, 0.4) is 0 Å². The molecule has 1 fully saturated rings. The van der Waals surface area contributed by atoms with E-state index in [1.165, 1.54) is 5.56 Å². The van der Waals surface area contributed by atoms with Crippen molar-refractivity contribution >= 4 is 23.8 Å². The molecule has 9 nitrogen and oxygen atoms in total. The van der Waals surface area contributed by atoms with E-state index in [0.717, 1.165) is 18.5 Å². The average Bonchev–Trinajstić information content (AvgIpc) is 2.83. The van der Waals surface area contributed by atoms with Gasteiger partial charge < -0.3 is 26.4 Å². The van der Waals surface area contributed by atoms with Crippen molar-refractivity contribution in [3.8, 4) is 0 Å². The second-order valence-electron chi connectivity index (χ2n) is 8.03. The molecule has 3 rings (SSSR count). The van der Waals surface area contributed by atoms with Crippen LogP contribution in [0.2, 0.25) is 0 Å². The number of nitrogens with two attached hydrogens (primary N) is 1. The summed E-state index contributed by atoms with van der Waals surface area (Å²) in [6.07, 6.45) is 0.605. The molecule has 9 heteroatoms. The van der Waals surface area contributed by atoms with Crippen LogP contribution in [0.1, 0.15) is 42.4 Å². The van der Waals surface area contributed by atoms with Gasteiger partial charge in [-0.1, -0.05) is 42.5 Å². The third kappa shape index (κ3) is 6.88. The van der Waals surface area contributed by atoms with Gasteiger partial charge in [-0.05, 0) is 55.5 Å². The molecular formula is C24H29N5O4. The summed E-state index contributed by atoms with van der Waals surface area (Å²) in [4.78, 5) is 35.9. The van der Waals surface area contributed by atoms with Crippen LogP contribution in [0.15, 0.2) is 54.6 Å². The average molecular weight is 452 g/mol. The molecule has 0 saturated carbocycles. The minimum absolute atomic E-state index is 0.185. The fraction of sp³-hybridized carbons (Fsp3) is 0.333. The zero-order valence-corrected chi connectivity index (χ0v) is 18.5. The number of amides is 3. The highest BCUT2D eigenvalue weighted by Gasteiger charge is 2.29. The number of rotatable bonds is 7. The lowest BCUT2D eigenvalue weighted by Crippen LogP contribution is -2.53. The molecule has 1 aliphatic rings. The standard InChI is InChI=1S/C24H29N5O4/c1-15(22(30)28-14-16-7-9-18(10-8-16)21(25)33-24(26)32)29-23(31)20-13-19(11-12-27-20)17-5-3-2-4-6-17/h2-10,15,19-20,25,27H,11-14H2,1H3,(H2,26,32)(H,28,30)(H,29,31)/t15?,19-,20+/m0/s1. The normalized spacial score (nSPS) is 18.6. The molecular weight excluding hydrogens is 422 g/mol. The molecule has 1 saturated heterocycles. The number of carbonyl (C=O) groups excluding carboxylic acids is 3. The number of primary amides is 1. The van der Waals surface area contributed by atoms with E-state index in [9.17, 15) is 14.4 Å². The Hall–Kier alpha value is -3.72. The monoisotopic (exact) mass is 451 g/mol. The van der Waals surface area contributed by atoms with Gasteiger partial charge in [0, 0.05) is 12.1 Å². The lowest BCUT2D eigenvalue weighted by atomic mass is 9.86. The Bertz CT molecular complexity index is 994. The summed E-state index contributed by atoms with van der Waals surface area (Å²) in [5.41, 5.74) is 7.31. The molecule has 1 aliphatic heterocycles. The molecule has 2 aromatic carbocycles. The maximum absolute atomic E-state index is 12.7. The van der Waals surface area contributed by atoms with Crippen LogP contribution in [0.4, 0.5) is 4.79 Å². The van der Waals surface area contributed by atoms with Gasteiger partial charge >= 0.3 is 6.09 Å². The fourth-order valence-electron chi connectivity index (χ4n) is 3.80. The fourth-order valence-corrected chi connectivity index (χ4v) is 3.80. The van der Waals surface area contributed by atoms with Crippen LogP contribution in [0, 0.1) is 5.41 Å². The van der Waals surface area contributed by atoms with Gasteiger partial charge in [0.05, 0.1) is 6.04 Å². The number of hydrogen-bond donors (Lipinski definition) is 5. The number of benzene rings is 2. The minimum Gasteiger partial charge on any atom is -0.391 e. The van der Waals surface area contributed by atoms with E-state index in [1.807, 2.05) is 18.2 Å². The first kappa shape index (κ1) is 23.9. The van der Waals surface area contributed by atoms with E-state index in [0.29, 0.717) is 17.9 Å². The highest BCUT2D eigenvalue weighted by molar-refractivity contribution is 5.97. The third-order valence-electron chi connectivity index (χ3n) is 5.63. The van der Waals surface area contributed by atoms with E-state index in [4.69, 9.17) is 11.1 Å². The summed E-state index contributed by atoms with van der Waals surface area (Å²) in [6, 6.07) is 15.7. The lowest BCUT2D eigenvalue weighted by molar-refractivity contribution is -0.130. The van der Waals surface area contributed by atoms with Crippen LogP contribution >= 0.6 is 0 Å². The van der Waals surface area contributed by atoms with Crippen LogP contribution in [-0.4, -0.2) is 42.4 Å². The lowest BCUT2D eigenvalue weighted by Gasteiger charge is -2.30. The predicted molar refractivity (Wildman–Crippen MR) is 124 cm³/mol. The van der Waals surface area contributed by atoms with Crippen molar-refractivity contribution in [2.75, 3.05) is 6.54 Å². The quantitative estimate of drug-likeness (QED) is 0.322. The zero-order valence-electron chi connectivity index (χ0n) is 18.5. The summed E-state index contributed by atoms with van der Waals surface area (Å²) in [6.45, 7) is 2.65. The number of carbonyl (C=O) groups is 3. The maximum atomic E-state index is 12.7. The molecule has 0 aliphatic carbocycles. The van der Waals surface area contributed by atoms with E-state index >= 15 is 0 Å². The van der Waals surface area contributed by atoms with E-state index in [2.05, 4.69) is 32.8 Å². The second kappa shape index (κ2) is 11.2. The summed E-state index contributed by atoms with van der Waals surface area (Å²) in [5, 5.41) is 16.5. The Morgan fingerprint density at radius 1 is 1.15 bits per heavy atom. The van der Waals surface area contributed by atoms with Gasteiger partial charge in [0.2, 0.25) is 17.7 Å². The highest BCUT2D eigenvalue weighted by atomic mass is 16.6. The van der Waals surface area contributed by atoms with Crippen molar-refractivity contribution in [1.29, 1.82) is 5.41 Å². The molecule has 1 heterocycles. The molecule has 0 bridgehead atoms. The van der Waals surface area contributed by atoms with E-state index in [-0.39, 0.29) is 30.3 Å². The van der Waals surface area contributed by atoms with Gasteiger partial charge in [-0.3, -0.25) is 15.0 Å². The first-order valence-electron chi connectivity index (χ1n) is 10.8. The number of piperidine rings is 1. The molecule has 174 valence electrons. The molecule has 1 unspecified atom stereocenters. The van der Waals surface area contributed by atoms with Crippen LogP contribution in [0.5, 0.6) is 0 Å². The number of hydrogen-bond acceptors (Lipinski definition) is 6. The Kier molecular flexibility index (Phi) is 8.15. The molecule has 0 spiro atoms. The highest BCUT2D eigenvalue weighted by Crippen LogP contribution is 2.27. The first-order valence-corrected chi connectivity index (χ1v) is 10.8. The summed E-state index contributed by atoms with van der Waals surface area (Å²) in [7, 11) is 0. The van der Waals surface area contributed by atoms with Crippen molar-refractivity contribution in [1.82, 2.24) is 16.0 Å². The Balaban J connectivity index is 1.46. The van der Waals surface area contributed by atoms with Crippen molar-refractivity contribution in [3.05, 3.63) is 71.3 Å².